The van der Waals surface area contributed by atoms with E-state index in [9.17, 15) is 4.79 Å². The van der Waals surface area contributed by atoms with Gasteiger partial charge >= 0.3 is 0 Å². The quantitative estimate of drug-likeness (QED) is 0.817. The average molecular weight is 357 g/mol. The molecule has 0 heterocycles. The molecule has 0 aliphatic rings. The van der Waals surface area contributed by atoms with Gasteiger partial charge in [-0.25, -0.2) is 0 Å². The minimum absolute atomic E-state index is 0.0264. The number of rotatable bonds is 7. The molecular weight excluding hydrogens is 330 g/mol. The van der Waals surface area contributed by atoms with Gasteiger partial charge in [-0.2, -0.15) is 0 Å². The molecule has 5 nitrogen and oxygen atoms in total. The van der Waals surface area contributed by atoms with E-state index in [2.05, 4.69) is 11.4 Å². The predicted octanol–water partition coefficient (Wildman–Crippen LogP) is 3.89. The van der Waals surface area contributed by atoms with E-state index in [1.54, 1.807) is 14.2 Å². The van der Waals surface area contributed by atoms with Crippen LogP contribution in [0.2, 0.25) is 0 Å². The molecule has 0 saturated heterocycles. The number of methoxy groups -OCH3 is 2. The van der Waals surface area contributed by atoms with Crippen molar-refractivity contribution in [3.05, 3.63) is 52.6 Å². The second-order valence-corrected chi connectivity index (χ2v) is 6.40. The van der Waals surface area contributed by atoms with Gasteiger partial charge in [-0.05, 0) is 68.1 Å². The van der Waals surface area contributed by atoms with Gasteiger partial charge in [0.15, 0.2) is 18.1 Å². The van der Waals surface area contributed by atoms with Crippen molar-refractivity contribution in [3.8, 4) is 17.2 Å². The Morgan fingerprint density at radius 3 is 2.35 bits per heavy atom. The summed E-state index contributed by atoms with van der Waals surface area (Å²) >= 11 is 0. The molecule has 2 aromatic carbocycles. The van der Waals surface area contributed by atoms with Crippen LogP contribution in [0.15, 0.2) is 30.3 Å². The zero-order chi connectivity index (χ0) is 19.3. The lowest BCUT2D eigenvalue weighted by Gasteiger charge is -2.17. The lowest BCUT2D eigenvalue weighted by atomic mass is 10.1. The summed E-state index contributed by atoms with van der Waals surface area (Å²) in [5.74, 6) is 1.86. The van der Waals surface area contributed by atoms with Crippen LogP contribution in [0, 0.1) is 20.8 Å². The Bertz CT molecular complexity index is 786. The Morgan fingerprint density at radius 2 is 1.69 bits per heavy atom. The lowest BCUT2D eigenvalue weighted by molar-refractivity contribution is -0.123. The summed E-state index contributed by atoms with van der Waals surface area (Å²) in [6.45, 7) is 7.93. The predicted molar refractivity (Wildman–Crippen MR) is 102 cm³/mol. The highest BCUT2D eigenvalue weighted by atomic mass is 16.5. The third-order valence-electron chi connectivity index (χ3n) is 4.41. The summed E-state index contributed by atoms with van der Waals surface area (Å²) in [6, 6.07) is 9.47. The summed E-state index contributed by atoms with van der Waals surface area (Å²) in [7, 11) is 3.18. The van der Waals surface area contributed by atoms with E-state index < -0.39 is 0 Å². The van der Waals surface area contributed by atoms with Crippen LogP contribution in [0.1, 0.15) is 35.2 Å². The van der Waals surface area contributed by atoms with E-state index in [1.165, 1.54) is 0 Å². The van der Waals surface area contributed by atoms with Crippen molar-refractivity contribution in [2.45, 2.75) is 33.7 Å². The van der Waals surface area contributed by atoms with Crippen molar-refractivity contribution in [2.75, 3.05) is 20.8 Å². The number of carbonyl (C=O) groups excluding carboxylic acids is 1. The maximum absolute atomic E-state index is 12.3. The van der Waals surface area contributed by atoms with Gasteiger partial charge in [0.25, 0.3) is 5.91 Å². The van der Waals surface area contributed by atoms with Gasteiger partial charge in [-0.15, -0.1) is 0 Å². The van der Waals surface area contributed by atoms with Crippen LogP contribution in [0.25, 0.3) is 0 Å². The van der Waals surface area contributed by atoms with E-state index in [-0.39, 0.29) is 18.6 Å². The van der Waals surface area contributed by atoms with Crippen LogP contribution in [0.3, 0.4) is 0 Å². The third-order valence-corrected chi connectivity index (χ3v) is 4.41. The van der Waals surface area contributed by atoms with E-state index in [0.717, 1.165) is 28.0 Å². The van der Waals surface area contributed by atoms with Gasteiger partial charge in [0, 0.05) is 0 Å². The number of amides is 1. The highest BCUT2D eigenvalue weighted by molar-refractivity contribution is 5.78. The third kappa shape index (κ3) is 4.69. The maximum Gasteiger partial charge on any atom is 0.258 e. The highest BCUT2D eigenvalue weighted by Gasteiger charge is 2.14. The second-order valence-electron chi connectivity index (χ2n) is 6.40. The van der Waals surface area contributed by atoms with Crippen LogP contribution in [0.5, 0.6) is 17.2 Å². The fraction of sp³-hybridized carbons (Fsp3) is 0.381. The molecule has 0 radical (unpaired) electrons. The first-order valence-electron chi connectivity index (χ1n) is 8.57. The SMILES string of the molecule is COc1ccc([C@H](C)NC(=O)COc2cc(C)cc(C)c2C)cc1OC. The van der Waals surface area contributed by atoms with Crippen LogP contribution in [0.4, 0.5) is 0 Å². The number of hydrogen-bond donors (Lipinski definition) is 1. The van der Waals surface area contributed by atoms with Gasteiger partial charge in [0.1, 0.15) is 5.75 Å². The molecule has 0 unspecified atom stereocenters. The zero-order valence-corrected chi connectivity index (χ0v) is 16.3. The number of hydrogen-bond acceptors (Lipinski definition) is 4. The maximum atomic E-state index is 12.3. The fourth-order valence-electron chi connectivity index (χ4n) is 2.78. The summed E-state index contributed by atoms with van der Waals surface area (Å²) < 4.78 is 16.3. The van der Waals surface area contributed by atoms with Gasteiger partial charge < -0.3 is 19.5 Å². The van der Waals surface area contributed by atoms with Crippen LogP contribution < -0.4 is 19.5 Å². The largest absolute Gasteiger partial charge is 0.493 e. The number of nitrogens with one attached hydrogen (secondary N) is 1. The molecule has 0 aliphatic heterocycles. The van der Waals surface area contributed by atoms with E-state index in [1.807, 2.05) is 52.0 Å². The van der Waals surface area contributed by atoms with Gasteiger partial charge in [-0.3, -0.25) is 4.79 Å². The first kappa shape index (κ1) is 19.6. The van der Waals surface area contributed by atoms with Crippen LogP contribution >= 0.6 is 0 Å². The molecule has 1 atom stereocenters. The topological polar surface area (TPSA) is 56.8 Å². The standard InChI is InChI=1S/C21H27NO4/c1-13-9-14(2)15(3)19(10-13)26-12-21(23)22-16(4)17-7-8-18(24-5)20(11-17)25-6/h7-11,16H,12H2,1-6H3,(H,22,23)/t16-/m0/s1. The molecule has 0 fully saturated rings. The first-order chi connectivity index (χ1) is 12.3. The Hall–Kier alpha value is -2.69. The molecular formula is C21H27NO4. The van der Waals surface area contributed by atoms with Crippen LogP contribution in [-0.4, -0.2) is 26.7 Å². The molecule has 0 bridgehead atoms. The van der Waals surface area contributed by atoms with Crippen molar-refractivity contribution in [2.24, 2.45) is 0 Å². The molecule has 26 heavy (non-hydrogen) atoms. The number of ether oxygens (including phenoxy) is 3. The summed E-state index contributed by atoms with van der Waals surface area (Å²) in [5, 5.41) is 2.94. The van der Waals surface area contributed by atoms with Gasteiger partial charge in [0.2, 0.25) is 0 Å². The van der Waals surface area contributed by atoms with E-state index in [4.69, 9.17) is 14.2 Å². The van der Waals surface area contributed by atoms with Crippen LogP contribution in [-0.2, 0) is 4.79 Å². The smallest absolute Gasteiger partial charge is 0.258 e. The Labute approximate surface area is 155 Å². The Kier molecular flexibility index (Phi) is 6.50. The fourth-order valence-corrected chi connectivity index (χ4v) is 2.78. The molecule has 0 spiro atoms. The summed E-state index contributed by atoms with van der Waals surface area (Å²) in [5.41, 5.74) is 4.25. The lowest BCUT2D eigenvalue weighted by Crippen LogP contribution is -2.31. The molecule has 5 heteroatoms. The Morgan fingerprint density at radius 1 is 1.00 bits per heavy atom. The minimum Gasteiger partial charge on any atom is -0.493 e. The number of aryl methyl sites for hydroxylation is 2. The molecule has 1 amide bonds. The summed E-state index contributed by atoms with van der Waals surface area (Å²) in [4.78, 5) is 12.3. The van der Waals surface area contributed by atoms with Gasteiger partial charge in [0.05, 0.1) is 20.3 Å². The van der Waals surface area contributed by atoms with Crippen molar-refractivity contribution >= 4 is 5.91 Å². The number of carbonyl (C=O) groups is 1. The number of benzene rings is 2. The van der Waals surface area contributed by atoms with Crippen molar-refractivity contribution in [3.63, 3.8) is 0 Å². The van der Waals surface area contributed by atoms with Crippen molar-refractivity contribution in [1.29, 1.82) is 0 Å². The van der Waals surface area contributed by atoms with E-state index in [0.29, 0.717) is 11.5 Å². The molecule has 2 aromatic rings. The molecule has 0 aromatic heterocycles. The normalized spacial score (nSPS) is 11.6. The molecule has 1 N–H and O–H groups in total. The first-order valence-corrected chi connectivity index (χ1v) is 8.57. The Balaban J connectivity index is 1.99. The second kappa shape index (κ2) is 8.61. The van der Waals surface area contributed by atoms with E-state index >= 15 is 0 Å². The zero-order valence-electron chi connectivity index (χ0n) is 16.3. The average Bonchev–Trinajstić information content (AvgIpc) is 2.62. The molecule has 140 valence electrons. The van der Waals surface area contributed by atoms with Gasteiger partial charge in [-0.1, -0.05) is 12.1 Å². The molecule has 0 aliphatic carbocycles. The highest BCUT2D eigenvalue weighted by Crippen LogP contribution is 2.30. The monoisotopic (exact) mass is 357 g/mol. The summed E-state index contributed by atoms with van der Waals surface area (Å²) in [6.07, 6.45) is 0. The molecule has 2 rings (SSSR count). The van der Waals surface area contributed by atoms with Crippen molar-refractivity contribution < 1.29 is 19.0 Å². The minimum atomic E-state index is -0.175. The molecule has 0 saturated carbocycles. The van der Waals surface area contributed by atoms with Crippen molar-refractivity contribution in [1.82, 2.24) is 5.32 Å².